The van der Waals surface area contributed by atoms with Gasteiger partial charge < -0.3 is 13.6 Å². The minimum absolute atomic E-state index is 0.471. The zero-order valence-electron chi connectivity index (χ0n) is 38.0. The Morgan fingerprint density at radius 3 is 1.55 bits per heavy atom. The molecule has 7 heteroatoms. The molecule has 0 aliphatic carbocycles. The van der Waals surface area contributed by atoms with Crippen LogP contribution in [0.5, 0.6) is 0 Å². The molecule has 0 atom stereocenters. The Morgan fingerprint density at radius 2 is 0.887 bits per heavy atom. The van der Waals surface area contributed by atoms with Gasteiger partial charge >= 0.3 is 0 Å². The molecule has 0 fully saturated rings. The molecule has 0 radical (unpaired) electrons. The quantitative estimate of drug-likeness (QED) is 0.159. The summed E-state index contributed by atoms with van der Waals surface area (Å²) in [5, 5.41) is 17.8. The summed E-state index contributed by atoms with van der Waals surface area (Å²) in [6.07, 6.45) is 0. The van der Waals surface area contributed by atoms with Gasteiger partial charge in [0.05, 0.1) is 33.3 Å². The molecule has 14 rings (SSSR count). The molecule has 4 aromatic heterocycles. The fourth-order valence-corrected chi connectivity index (χ4v) is 10.5. The molecule has 10 aromatic carbocycles. The van der Waals surface area contributed by atoms with E-state index in [0.717, 1.165) is 110 Å². The number of hydrogen-bond donors (Lipinski definition) is 0. The van der Waals surface area contributed by atoms with Crippen LogP contribution in [0.3, 0.4) is 0 Å². The lowest BCUT2D eigenvalue weighted by molar-refractivity contribution is 0.669. The van der Waals surface area contributed by atoms with Crippen molar-refractivity contribution in [1.29, 1.82) is 5.26 Å². The zero-order valence-corrected chi connectivity index (χ0v) is 38.0. The van der Waals surface area contributed by atoms with E-state index < -0.39 is 0 Å². The maximum absolute atomic E-state index is 11.2. The minimum atomic E-state index is 0.471. The second-order valence-electron chi connectivity index (χ2n) is 17.9. The van der Waals surface area contributed by atoms with Gasteiger partial charge in [-0.2, -0.15) is 5.26 Å². The number of para-hydroxylation sites is 3. The predicted octanol–water partition coefficient (Wildman–Crippen LogP) is 16.2. The monoisotopic (exact) mass is 906 g/mol. The van der Waals surface area contributed by atoms with E-state index in [-0.39, 0.29) is 0 Å². The number of furan rings is 1. The SMILES string of the molecule is N#Cc1cc(-c2nc(-c3cccc(-c4ccccc4)c3)nc(-c3cccc(-c4ccccc4)c3)n2)ccc1-n1c2ccccc2c2ccc3c(c4ccccc4n3-c3ccc4oc5ccccc5c4c3)c21. The number of fused-ring (bicyclic) bond motifs is 10. The number of nitrogens with zero attached hydrogens (tertiary/aromatic N) is 6. The summed E-state index contributed by atoms with van der Waals surface area (Å²) in [5.41, 5.74) is 14.9. The lowest BCUT2D eigenvalue weighted by atomic mass is 10.0. The van der Waals surface area contributed by atoms with E-state index in [1.807, 2.05) is 91.0 Å². The number of aromatic nitrogens is 5. The Hall–Kier alpha value is -9.90. The molecule has 330 valence electrons. The van der Waals surface area contributed by atoms with Crippen molar-refractivity contribution >= 4 is 65.6 Å². The van der Waals surface area contributed by atoms with Gasteiger partial charge in [-0.05, 0) is 95.1 Å². The van der Waals surface area contributed by atoms with Crippen molar-refractivity contribution in [3.05, 3.63) is 236 Å². The molecule has 7 nitrogen and oxygen atoms in total. The van der Waals surface area contributed by atoms with E-state index in [1.54, 1.807) is 0 Å². The fraction of sp³-hybridized carbons (Fsp3) is 0. The average Bonchev–Trinajstić information content (AvgIpc) is 4.11. The van der Waals surface area contributed by atoms with Gasteiger partial charge in [-0.25, -0.2) is 15.0 Å². The first-order chi connectivity index (χ1) is 35.1. The van der Waals surface area contributed by atoms with E-state index in [2.05, 4.69) is 155 Å². The highest BCUT2D eigenvalue weighted by Gasteiger charge is 2.23. The first-order valence-electron chi connectivity index (χ1n) is 23.6. The molecule has 0 bridgehead atoms. The van der Waals surface area contributed by atoms with E-state index in [0.29, 0.717) is 28.6 Å². The van der Waals surface area contributed by atoms with E-state index >= 15 is 0 Å². The summed E-state index contributed by atoms with van der Waals surface area (Å²) in [6.45, 7) is 0. The lowest BCUT2D eigenvalue weighted by Crippen LogP contribution is -2.02. The van der Waals surface area contributed by atoms with Gasteiger partial charge in [0.25, 0.3) is 0 Å². The molecule has 0 unspecified atom stereocenters. The first kappa shape index (κ1) is 40.2. The Labute approximate surface area is 407 Å². The maximum atomic E-state index is 11.2. The molecule has 14 aromatic rings. The smallest absolute Gasteiger partial charge is 0.164 e. The summed E-state index contributed by atoms with van der Waals surface area (Å²) >= 11 is 0. The van der Waals surface area contributed by atoms with Crippen LogP contribution < -0.4 is 0 Å². The number of hydrogen-bond acceptors (Lipinski definition) is 5. The third-order valence-electron chi connectivity index (χ3n) is 13.8. The van der Waals surface area contributed by atoms with Crippen LogP contribution in [-0.4, -0.2) is 24.1 Å². The Morgan fingerprint density at radius 1 is 0.352 bits per heavy atom. The van der Waals surface area contributed by atoms with Crippen molar-refractivity contribution in [1.82, 2.24) is 24.1 Å². The van der Waals surface area contributed by atoms with Crippen LogP contribution in [0.2, 0.25) is 0 Å². The lowest BCUT2D eigenvalue weighted by Gasteiger charge is -2.14. The van der Waals surface area contributed by atoms with Crippen LogP contribution in [0.1, 0.15) is 5.56 Å². The van der Waals surface area contributed by atoms with Crippen molar-refractivity contribution in [3.63, 3.8) is 0 Å². The normalized spacial score (nSPS) is 11.6. The summed E-state index contributed by atoms with van der Waals surface area (Å²) < 4.78 is 10.9. The van der Waals surface area contributed by atoms with Gasteiger partial charge in [0.15, 0.2) is 17.5 Å². The van der Waals surface area contributed by atoms with Crippen LogP contribution >= 0.6 is 0 Å². The second-order valence-corrected chi connectivity index (χ2v) is 17.9. The van der Waals surface area contributed by atoms with Gasteiger partial charge in [0, 0.05) is 54.7 Å². The number of benzene rings is 10. The van der Waals surface area contributed by atoms with E-state index in [9.17, 15) is 5.26 Å². The molecule has 0 saturated heterocycles. The number of nitriles is 1. The topological polar surface area (TPSA) is 85.5 Å². The molecular weight excluding hydrogens is 869 g/mol. The summed E-state index contributed by atoms with van der Waals surface area (Å²) in [5.74, 6) is 1.55. The summed E-state index contributed by atoms with van der Waals surface area (Å²) in [7, 11) is 0. The van der Waals surface area contributed by atoms with Crippen molar-refractivity contribution < 1.29 is 4.42 Å². The van der Waals surface area contributed by atoms with Gasteiger partial charge in [-0.15, -0.1) is 0 Å². The molecule has 0 aliphatic heterocycles. The fourth-order valence-electron chi connectivity index (χ4n) is 10.5. The van der Waals surface area contributed by atoms with Gasteiger partial charge in [0.2, 0.25) is 0 Å². The Bertz CT molecular complexity index is 4380. The van der Waals surface area contributed by atoms with Crippen molar-refractivity contribution in [3.8, 4) is 73.9 Å². The average molecular weight is 907 g/mol. The van der Waals surface area contributed by atoms with Crippen LogP contribution in [0.25, 0.3) is 133 Å². The van der Waals surface area contributed by atoms with Gasteiger partial charge in [0.1, 0.15) is 17.2 Å². The van der Waals surface area contributed by atoms with Crippen molar-refractivity contribution in [2.24, 2.45) is 0 Å². The molecule has 0 amide bonds. The largest absolute Gasteiger partial charge is 0.456 e. The van der Waals surface area contributed by atoms with E-state index in [4.69, 9.17) is 19.4 Å². The first-order valence-corrected chi connectivity index (χ1v) is 23.6. The summed E-state index contributed by atoms with van der Waals surface area (Å²) in [4.78, 5) is 15.5. The minimum Gasteiger partial charge on any atom is -0.456 e. The van der Waals surface area contributed by atoms with Gasteiger partial charge in [-0.1, -0.05) is 158 Å². The third kappa shape index (κ3) is 6.54. The van der Waals surface area contributed by atoms with Crippen LogP contribution in [0.15, 0.2) is 235 Å². The molecule has 71 heavy (non-hydrogen) atoms. The standard InChI is InChI=1S/C64H38N6O/c65-39-47-37-46(64-67-62(44-21-13-19-42(35-44)40-15-3-1-4-16-40)66-63(68-64)45-22-14-20-43(36-45)41-17-5-2-6-18-41)29-32-54(47)70-55-26-10-7-23-49(55)51-31-33-57-60(61(51)70)52-25-8-11-27-56(52)69(57)48-30-34-59-53(38-48)50-24-9-12-28-58(50)71-59/h1-38H. The summed E-state index contributed by atoms with van der Waals surface area (Å²) in [6, 6.07) is 82.0. The highest BCUT2D eigenvalue weighted by molar-refractivity contribution is 6.26. The predicted molar refractivity (Wildman–Crippen MR) is 288 cm³/mol. The molecule has 0 aliphatic rings. The molecule has 0 spiro atoms. The second kappa shape index (κ2) is 16.1. The Kier molecular flexibility index (Phi) is 9.13. The van der Waals surface area contributed by atoms with Crippen molar-refractivity contribution in [2.45, 2.75) is 0 Å². The molecule has 0 saturated carbocycles. The highest BCUT2D eigenvalue weighted by Crippen LogP contribution is 2.43. The van der Waals surface area contributed by atoms with Crippen LogP contribution in [-0.2, 0) is 0 Å². The van der Waals surface area contributed by atoms with Crippen LogP contribution in [0, 0.1) is 11.3 Å². The molecule has 0 N–H and O–H groups in total. The maximum Gasteiger partial charge on any atom is 0.164 e. The van der Waals surface area contributed by atoms with Crippen molar-refractivity contribution in [2.75, 3.05) is 0 Å². The van der Waals surface area contributed by atoms with E-state index in [1.165, 1.54) is 0 Å². The number of rotatable bonds is 7. The highest BCUT2D eigenvalue weighted by atomic mass is 16.3. The van der Waals surface area contributed by atoms with Crippen LogP contribution in [0.4, 0.5) is 0 Å². The molecule has 4 heterocycles. The zero-order chi connectivity index (χ0) is 47.0. The molecular formula is C64H38N6O. The van der Waals surface area contributed by atoms with Gasteiger partial charge in [-0.3, -0.25) is 0 Å². The third-order valence-corrected chi connectivity index (χ3v) is 13.8. The Balaban J connectivity index is 0.969.